The van der Waals surface area contributed by atoms with Crippen molar-refractivity contribution in [2.45, 2.75) is 32.6 Å². The second kappa shape index (κ2) is 8.41. The van der Waals surface area contributed by atoms with Crippen LogP contribution in [0.2, 0.25) is 0 Å². The predicted octanol–water partition coefficient (Wildman–Crippen LogP) is 3.42. The van der Waals surface area contributed by atoms with E-state index in [2.05, 4.69) is 6.92 Å². The normalized spacial score (nSPS) is 17.8. The summed E-state index contributed by atoms with van der Waals surface area (Å²) in [6.45, 7) is 3.82. The van der Waals surface area contributed by atoms with Gasteiger partial charge in [-0.3, -0.25) is 9.80 Å². The number of hydrogen-bond acceptors (Lipinski definition) is 4. The van der Waals surface area contributed by atoms with Gasteiger partial charge in [-0.15, -0.1) is 0 Å². The van der Waals surface area contributed by atoms with Crippen molar-refractivity contribution >= 4 is 12.2 Å². The van der Waals surface area contributed by atoms with E-state index in [0.29, 0.717) is 26.1 Å². The fourth-order valence-electron chi connectivity index (χ4n) is 2.55. The lowest BCUT2D eigenvalue weighted by Crippen LogP contribution is -2.36. The van der Waals surface area contributed by atoms with Crippen LogP contribution in [0, 0.1) is 0 Å². The molecule has 6 nitrogen and oxygen atoms in total. The van der Waals surface area contributed by atoms with Gasteiger partial charge in [-0.2, -0.15) is 0 Å². The molecule has 0 radical (unpaired) electrons. The van der Waals surface area contributed by atoms with Crippen molar-refractivity contribution in [1.29, 1.82) is 0 Å². The average molecular weight is 320 g/mol. The fraction of sp³-hybridized carbons (Fsp3) is 0.529. The van der Waals surface area contributed by atoms with Gasteiger partial charge >= 0.3 is 12.2 Å². The minimum atomic E-state index is -0.366. The van der Waals surface area contributed by atoms with E-state index in [1.54, 1.807) is 9.80 Å². The van der Waals surface area contributed by atoms with Crippen LogP contribution in [-0.2, 0) is 9.47 Å². The number of allylic oxidation sites excluding steroid dienone is 4. The quantitative estimate of drug-likeness (QED) is 0.779. The monoisotopic (exact) mass is 320 g/mol. The van der Waals surface area contributed by atoms with Gasteiger partial charge in [0.05, 0.1) is 13.7 Å². The number of methoxy groups -OCH3 is 1. The molecule has 1 saturated heterocycles. The van der Waals surface area contributed by atoms with E-state index in [1.165, 1.54) is 7.11 Å². The summed E-state index contributed by atoms with van der Waals surface area (Å²) in [7, 11) is 1.38. The van der Waals surface area contributed by atoms with Gasteiger partial charge in [0.2, 0.25) is 0 Å². The largest absolute Gasteiger partial charge is 0.452 e. The van der Waals surface area contributed by atoms with Crippen molar-refractivity contribution in [2.24, 2.45) is 0 Å². The molecule has 23 heavy (non-hydrogen) atoms. The van der Waals surface area contributed by atoms with Crippen LogP contribution in [0.15, 0.2) is 35.7 Å². The highest BCUT2D eigenvalue weighted by Gasteiger charge is 2.23. The highest BCUT2D eigenvalue weighted by atomic mass is 16.6. The minimum Gasteiger partial charge on any atom is -0.452 e. The zero-order valence-corrected chi connectivity index (χ0v) is 13.8. The lowest BCUT2D eigenvalue weighted by Gasteiger charge is -2.27. The van der Waals surface area contributed by atoms with Crippen LogP contribution >= 0.6 is 0 Å². The summed E-state index contributed by atoms with van der Waals surface area (Å²) < 4.78 is 9.95. The number of hydrogen-bond donors (Lipinski definition) is 0. The number of carbonyl (C=O) groups excluding carboxylic acids is 2. The van der Waals surface area contributed by atoms with Crippen LogP contribution in [-0.4, -0.2) is 48.8 Å². The fourth-order valence-corrected chi connectivity index (χ4v) is 2.55. The standard InChI is InChI=1S/C17H24N2O4/c1-3-4-11-18(16(20)22-2)14-7-5-8-15(10-9-14)19-12-6-13-23-17(19)21/h7-10H,3-6,11-13H2,1-2H3. The molecular weight excluding hydrogens is 296 g/mol. The molecule has 0 atom stereocenters. The number of ether oxygens (including phenoxy) is 2. The Morgan fingerprint density at radius 2 is 2.22 bits per heavy atom. The first-order chi connectivity index (χ1) is 11.2. The summed E-state index contributed by atoms with van der Waals surface area (Å²) in [6, 6.07) is 0. The van der Waals surface area contributed by atoms with E-state index in [-0.39, 0.29) is 12.2 Å². The van der Waals surface area contributed by atoms with Crippen LogP contribution in [0.3, 0.4) is 0 Å². The molecule has 0 aromatic rings. The Bertz CT molecular complexity index is 537. The summed E-state index contributed by atoms with van der Waals surface area (Å²) in [5.74, 6) is 0. The summed E-state index contributed by atoms with van der Waals surface area (Å²) in [6.07, 6.45) is 10.3. The lowest BCUT2D eigenvalue weighted by molar-refractivity contribution is 0.0871. The number of amides is 2. The van der Waals surface area contributed by atoms with Crippen molar-refractivity contribution in [3.8, 4) is 0 Å². The highest BCUT2D eigenvalue weighted by Crippen LogP contribution is 2.20. The molecule has 0 spiro atoms. The summed E-state index contributed by atoms with van der Waals surface area (Å²) in [5, 5.41) is 0. The molecule has 1 fully saturated rings. The Hall–Kier alpha value is -2.24. The molecule has 2 aliphatic rings. The summed E-state index contributed by atoms with van der Waals surface area (Å²) >= 11 is 0. The molecule has 0 unspecified atom stereocenters. The van der Waals surface area contributed by atoms with Gasteiger partial charge in [-0.05, 0) is 31.4 Å². The topological polar surface area (TPSA) is 59.1 Å². The zero-order chi connectivity index (χ0) is 16.7. The maximum atomic E-state index is 12.0. The average Bonchev–Trinajstić information content (AvgIpc) is 2.81. The number of carbonyl (C=O) groups is 2. The third kappa shape index (κ3) is 4.37. The Balaban J connectivity index is 2.11. The lowest BCUT2D eigenvalue weighted by atomic mass is 10.2. The van der Waals surface area contributed by atoms with Gasteiger partial charge in [-0.25, -0.2) is 9.59 Å². The van der Waals surface area contributed by atoms with Gasteiger partial charge in [0, 0.05) is 24.5 Å². The smallest absolute Gasteiger partial charge is 0.414 e. The number of unbranched alkanes of at least 4 members (excludes halogenated alkanes) is 1. The summed E-state index contributed by atoms with van der Waals surface area (Å²) in [4.78, 5) is 27.1. The maximum absolute atomic E-state index is 12.0. The maximum Gasteiger partial charge on any atom is 0.414 e. The Morgan fingerprint density at radius 1 is 1.39 bits per heavy atom. The van der Waals surface area contributed by atoms with Crippen LogP contribution in [0.25, 0.3) is 0 Å². The Morgan fingerprint density at radius 3 is 2.91 bits per heavy atom. The first kappa shape index (κ1) is 17.1. The molecule has 126 valence electrons. The summed E-state index contributed by atoms with van der Waals surface area (Å²) in [5.41, 5.74) is 1.60. The van der Waals surface area contributed by atoms with E-state index in [0.717, 1.165) is 30.7 Å². The third-order valence-corrected chi connectivity index (χ3v) is 3.80. The zero-order valence-electron chi connectivity index (χ0n) is 13.8. The van der Waals surface area contributed by atoms with Gasteiger partial charge in [0.15, 0.2) is 0 Å². The van der Waals surface area contributed by atoms with E-state index >= 15 is 0 Å². The second-order valence-electron chi connectivity index (χ2n) is 5.42. The molecule has 0 bridgehead atoms. The Labute approximate surface area is 137 Å². The molecular formula is C17H24N2O4. The molecule has 0 N–H and O–H groups in total. The van der Waals surface area contributed by atoms with E-state index < -0.39 is 0 Å². The van der Waals surface area contributed by atoms with Crippen molar-refractivity contribution in [3.63, 3.8) is 0 Å². The van der Waals surface area contributed by atoms with Gasteiger partial charge in [0.1, 0.15) is 0 Å². The van der Waals surface area contributed by atoms with Crippen molar-refractivity contribution in [2.75, 3.05) is 26.8 Å². The number of cyclic esters (lactones) is 1. The molecule has 0 aromatic carbocycles. The predicted molar refractivity (Wildman–Crippen MR) is 86.6 cm³/mol. The number of nitrogens with zero attached hydrogens (tertiary/aromatic N) is 2. The van der Waals surface area contributed by atoms with Crippen LogP contribution in [0.1, 0.15) is 32.6 Å². The second-order valence-corrected chi connectivity index (χ2v) is 5.42. The van der Waals surface area contributed by atoms with Gasteiger partial charge < -0.3 is 9.47 Å². The molecule has 0 saturated carbocycles. The van der Waals surface area contributed by atoms with Crippen LogP contribution < -0.4 is 0 Å². The van der Waals surface area contributed by atoms with Crippen molar-refractivity contribution in [1.82, 2.24) is 9.80 Å². The van der Waals surface area contributed by atoms with E-state index in [4.69, 9.17) is 9.47 Å². The van der Waals surface area contributed by atoms with E-state index in [1.807, 2.05) is 24.3 Å². The molecule has 1 aliphatic carbocycles. The first-order valence-corrected chi connectivity index (χ1v) is 8.05. The van der Waals surface area contributed by atoms with E-state index in [9.17, 15) is 9.59 Å². The molecule has 1 aliphatic heterocycles. The minimum absolute atomic E-state index is 0.314. The van der Waals surface area contributed by atoms with Crippen molar-refractivity contribution < 1.29 is 19.1 Å². The van der Waals surface area contributed by atoms with Gasteiger partial charge in [0.25, 0.3) is 0 Å². The SMILES string of the molecule is CCCCN(C(=O)OC)C1=CCC=C(N2CCCOC2=O)C=C1. The molecule has 2 amide bonds. The molecule has 0 aromatic heterocycles. The van der Waals surface area contributed by atoms with Crippen LogP contribution in [0.5, 0.6) is 0 Å². The highest BCUT2D eigenvalue weighted by molar-refractivity contribution is 5.72. The van der Waals surface area contributed by atoms with Gasteiger partial charge in [-0.1, -0.05) is 25.5 Å². The molecule has 6 heteroatoms. The van der Waals surface area contributed by atoms with Crippen molar-refractivity contribution in [3.05, 3.63) is 35.7 Å². The number of rotatable bonds is 5. The molecule has 1 heterocycles. The first-order valence-electron chi connectivity index (χ1n) is 8.05. The Kier molecular flexibility index (Phi) is 6.26. The van der Waals surface area contributed by atoms with Crippen LogP contribution in [0.4, 0.5) is 9.59 Å². The molecule has 2 rings (SSSR count). The third-order valence-electron chi connectivity index (χ3n) is 3.80.